The first-order chi connectivity index (χ1) is 12.5. The van der Waals surface area contributed by atoms with Crippen LogP contribution in [0.5, 0.6) is 0 Å². The average molecular weight is 386 g/mol. The van der Waals surface area contributed by atoms with Gasteiger partial charge in [0.1, 0.15) is 9.46 Å². The lowest BCUT2D eigenvalue weighted by atomic mass is 10.1. The Morgan fingerprint density at radius 2 is 1.96 bits per heavy atom. The van der Waals surface area contributed by atoms with Crippen molar-refractivity contribution in [3.05, 3.63) is 83.0 Å². The molecule has 134 valence electrons. The number of rotatable bonds is 6. The van der Waals surface area contributed by atoms with Crippen molar-refractivity contribution < 1.29 is 13.2 Å². The van der Waals surface area contributed by atoms with Crippen LogP contribution in [-0.2, 0) is 9.84 Å². The maximum atomic E-state index is 13.0. The van der Waals surface area contributed by atoms with Crippen LogP contribution >= 0.6 is 11.3 Å². The number of hydrogen-bond donors (Lipinski definition) is 1. The molecule has 0 spiro atoms. The number of aryl methyl sites for hydroxylation is 1. The monoisotopic (exact) mass is 386 g/mol. The van der Waals surface area contributed by atoms with Crippen LogP contribution in [0.25, 0.3) is 0 Å². The van der Waals surface area contributed by atoms with E-state index in [0.717, 1.165) is 16.9 Å². The Morgan fingerprint density at radius 1 is 1.15 bits per heavy atom. The number of benzene rings is 1. The molecule has 0 aliphatic heterocycles. The van der Waals surface area contributed by atoms with Gasteiger partial charge in [-0.1, -0.05) is 30.3 Å². The highest BCUT2D eigenvalue weighted by molar-refractivity contribution is 7.93. The molecule has 0 saturated carbocycles. The fourth-order valence-corrected chi connectivity index (χ4v) is 5.50. The van der Waals surface area contributed by atoms with Crippen molar-refractivity contribution in [2.24, 2.45) is 0 Å². The van der Waals surface area contributed by atoms with Gasteiger partial charge in [-0.2, -0.15) is 0 Å². The number of thiophene rings is 1. The van der Waals surface area contributed by atoms with E-state index in [0.29, 0.717) is 11.1 Å². The van der Waals surface area contributed by atoms with E-state index in [4.69, 9.17) is 0 Å². The molecule has 0 radical (unpaired) electrons. The van der Waals surface area contributed by atoms with Crippen molar-refractivity contribution in [1.82, 2.24) is 10.3 Å². The SMILES string of the molecule is Cc1ccccc1C(=O)NC[C@H](c1cccnc1)S(=O)(=O)c1cccs1. The van der Waals surface area contributed by atoms with Crippen molar-refractivity contribution in [1.29, 1.82) is 0 Å². The molecule has 3 rings (SSSR count). The lowest BCUT2D eigenvalue weighted by Crippen LogP contribution is -2.32. The first kappa shape index (κ1) is 18.3. The zero-order valence-electron chi connectivity index (χ0n) is 14.1. The first-order valence-corrected chi connectivity index (χ1v) is 10.4. The number of aromatic nitrogens is 1. The van der Waals surface area contributed by atoms with Crippen molar-refractivity contribution in [3.63, 3.8) is 0 Å². The van der Waals surface area contributed by atoms with E-state index in [1.165, 1.54) is 6.20 Å². The summed E-state index contributed by atoms with van der Waals surface area (Å²) < 4.78 is 26.4. The van der Waals surface area contributed by atoms with Crippen LogP contribution in [-0.4, -0.2) is 25.9 Å². The zero-order valence-corrected chi connectivity index (χ0v) is 15.8. The van der Waals surface area contributed by atoms with Gasteiger partial charge in [-0.05, 0) is 41.6 Å². The number of hydrogen-bond acceptors (Lipinski definition) is 5. The number of carbonyl (C=O) groups is 1. The summed E-state index contributed by atoms with van der Waals surface area (Å²) in [7, 11) is -3.63. The number of nitrogens with zero attached hydrogens (tertiary/aromatic N) is 1. The van der Waals surface area contributed by atoms with E-state index in [2.05, 4.69) is 10.3 Å². The van der Waals surface area contributed by atoms with Crippen LogP contribution in [0.1, 0.15) is 26.7 Å². The molecule has 2 heterocycles. The van der Waals surface area contributed by atoms with Gasteiger partial charge in [0.25, 0.3) is 5.91 Å². The minimum Gasteiger partial charge on any atom is -0.350 e. The summed E-state index contributed by atoms with van der Waals surface area (Å²) in [5, 5.41) is 3.59. The fraction of sp³-hybridized carbons (Fsp3) is 0.158. The molecular weight excluding hydrogens is 368 g/mol. The molecule has 0 fully saturated rings. The molecule has 0 unspecified atom stereocenters. The maximum absolute atomic E-state index is 13.0. The molecule has 3 aromatic rings. The molecule has 2 aromatic heterocycles. The number of nitrogens with one attached hydrogen (secondary N) is 1. The third kappa shape index (κ3) is 3.84. The van der Waals surface area contributed by atoms with Crippen LogP contribution in [0.15, 0.2) is 70.5 Å². The summed E-state index contributed by atoms with van der Waals surface area (Å²) >= 11 is 1.16. The zero-order chi connectivity index (χ0) is 18.6. The highest BCUT2D eigenvalue weighted by atomic mass is 32.2. The molecule has 7 heteroatoms. The Labute approximate surface area is 156 Å². The minimum absolute atomic E-state index is 0.0287. The van der Waals surface area contributed by atoms with Crippen LogP contribution in [0, 0.1) is 6.92 Å². The van der Waals surface area contributed by atoms with Crippen LogP contribution in [0.3, 0.4) is 0 Å². The van der Waals surface area contributed by atoms with Crippen LogP contribution in [0.2, 0.25) is 0 Å². The number of pyridine rings is 1. The van der Waals surface area contributed by atoms with E-state index >= 15 is 0 Å². The Hall–Kier alpha value is -2.51. The molecule has 0 bridgehead atoms. The summed E-state index contributed by atoms with van der Waals surface area (Å²) in [5.74, 6) is -0.293. The summed E-state index contributed by atoms with van der Waals surface area (Å²) in [4.78, 5) is 16.5. The minimum atomic E-state index is -3.63. The highest BCUT2D eigenvalue weighted by Crippen LogP contribution is 2.30. The summed E-state index contributed by atoms with van der Waals surface area (Å²) in [6.45, 7) is 1.81. The fourth-order valence-electron chi connectivity index (χ4n) is 2.65. The van der Waals surface area contributed by atoms with Crippen molar-refractivity contribution in [2.75, 3.05) is 6.54 Å². The quantitative estimate of drug-likeness (QED) is 0.704. The van der Waals surface area contributed by atoms with Gasteiger partial charge in [-0.25, -0.2) is 8.42 Å². The van der Waals surface area contributed by atoms with Gasteiger partial charge in [0, 0.05) is 24.5 Å². The normalized spacial score (nSPS) is 12.5. The molecule has 0 aliphatic rings. The standard InChI is InChI=1S/C19H18N2O3S2/c1-14-6-2-3-8-16(14)19(22)21-13-17(15-7-4-10-20-12-15)26(23,24)18-9-5-11-25-18/h2-12,17H,13H2,1H3,(H,21,22)/t17-/m1/s1. The molecule has 1 aromatic carbocycles. The van der Waals surface area contributed by atoms with Crippen LogP contribution < -0.4 is 5.32 Å². The number of carbonyl (C=O) groups excluding carboxylic acids is 1. The molecule has 0 saturated heterocycles. The molecule has 1 amide bonds. The average Bonchev–Trinajstić information content (AvgIpc) is 3.18. The van der Waals surface area contributed by atoms with Gasteiger partial charge in [0.05, 0.1) is 0 Å². The van der Waals surface area contributed by atoms with Crippen molar-refractivity contribution in [3.8, 4) is 0 Å². The van der Waals surface area contributed by atoms with E-state index in [9.17, 15) is 13.2 Å². The maximum Gasteiger partial charge on any atom is 0.251 e. The third-order valence-electron chi connectivity index (χ3n) is 4.04. The van der Waals surface area contributed by atoms with E-state index < -0.39 is 15.1 Å². The van der Waals surface area contributed by atoms with E-state index in [-0.39, 0.29) is 16.7 Å². The lowest BCUT2D eigenvalue weighted by molar-refractivity contribution is 0.0953. The molecule has 1 atom stereocenters. The van der Waals surface area contributed by atoms with E-state index in [1.54, 1.807) is 48.0 Å². The topological polar surface area (TPSA) is 76.1 Å². The largest absolute Gasteiger partial charge is 0.350 e. The van der Waals surface area contributed by atoms with Crippen molar-refractivity contribution in [2.45, 2.75) is 16.4 Å². The van der Waals surface area contributed by atoms with Gasteiger partial charge in [-0.15, -0.1) is 11.3 Å². The van der Waals surface area contributed by atoms with Gasteiger partial charge >= 0.3 is 0 Å². The lowest BCUT2D eigenvalue weighted by Gasteiger charge is -2.18. The van der Waals surface area contributed by atoms with Gasteiger partial charge < -0.3 is 5.32 Å². The number of amides is 1. The molecule has 1 N–H and O–H groups in total. The number of sulfone groups is 1. The smallest absolute Gasteiger partial charge is 0.251 e. The first-order valence-electron chi connectivity index (χ1n) is 8.01. The molecule has 0 aliphatic carbocycles. The second-order valence-electron chi connectivity index (χ2n) is 5.78. The Morgan fingerprint density at radius 3 is 2.62 bits per heavy atom. The molecular formula is C19H18N2O3S2. The third-order valence-corrected chi connectivity index (χ3v) is 7.58. The summed E-state index contributed by atoms with van der Waals surface area (Å²) in [6.07, 6.45) is 3.11. The van der Waals surface area contributed by atoms with Gasteiger partial charge in [0.2, 0.25) is 0 Å². The Kier molecular flexibility index (Phi) is 5.49. The second-order valence-corrected chi connectivity index (χ2v) is 9.08. The van der Waals surface area contributed by atoms with E-state index in [1.807, 2.05) is 19.1 Å². The highest BCUT2D eigenvalue weighted by Gasteiger charge is 2.30. The summed E-state index contributed by atoms with van der Waals surface area (Å²) in [6, 6.07) is 13.9. The molecule has 5 nitrogen and oxygen atoms in total. The second kappa shape index (κ2) is 7.80. The molecule has 26 heavy (non-hydrogen) atoms. The summed E-state index contributed by atoms with van der Waals surface area (Å²) in [5.41, 5.74) is 1.92. The van der Waals surface area contributed by atoms with Gasteiger partial charge in [0.15, 0.2) is 9.84 Å². The predicted octanol–water partition coefficient (Wildman–Crippen LogP) is 3.40. The van der Waals surface area contributed by atoms with Crippen LogP contribution in [0.4, 0.5) is 0 Å². The van der Waals surface area contributed by atoms with Crippen molar-refractivity contribution >= 4 is 27.1 Å². The Balaban J connectivity index is 1.88. The Bertz CT molecular complexity index is 985. The predicted molar refractivity (Wildman–Crippen MR) is 102 cm³/mol. The van der Waals surface area contributed by atoms with Gasteiger partial charge in [-0.3, -0.25) is 9.78 Å².